The zero-order chi connectivity index (χ0) is 14.1. The standard InChI is InChI=1S/C14H13N3OS2/c1-8(2)11-6-19-14(16-11)17-13(18)9-3-4-10-12(5-9)20-7-15-10/h3-8H,1-2H3,(H,16,17,18). The summed E-state index contributed by atoms with van der Waals surface area (Å²) < 4.78 is 1.01. The van der Waals surface area contributed by atoms with Crippen molar-refractivity contribution in [2.45, 2.75) is 19.8 Å². The Bertz CT molecular complexity index is 760. The van der Waals surface area contributed by atoms with E-state index >= 15 is 0 Å². The minimum Gasteiger partial charge on any atom is -0.298 e. The summed E-state index contributed by atoms with van der Waals surface area (Å²) in [6.07, 6.45) is 0. The van der Waals surface area contributed by atoms with E-state index in [-0.39, 0.29) is 5.91 Å². The van der Waals surface area contributed by atoms with Crippen LogP contribution in [0.5, 0.6) is 0 Å². The van der Waals surface area contributed by atoms with Gasteiger partial charge in [0.25, 0.3) is 5.91 Å². The van der Waals surface area contributed by atoms with Gasteiger partial charge in [-0.1, -0.05) is 13.8 Å². The third-order valence-electron chi connectivity index (χ3n) is 2.93. The van der Waals surface area contributed by atoms with Crippen LogP contribution in [0, 0.1) is 0 Å². The number of hydrogen-bond acceptors (Lipinski definition) is 5. The summed E-state index contributed by atoms with van der Waals surface area (Å²) in [7, 11) is 0. The molecule has 0 bridgehead atoms. The van der Waals surface area contributed by atoms with Gasteiger partial charge in [0.2, 0.25) is 0 Å². The molecule has 2 aromatic heterocycles. The molecule has 20 heavy (non-hydrogen) atoms. The summed E-state index contributed by atoms with van der Waals surface area (Å²) >= 11 is 2.98. The molecule has 2 heterocycles. The van der Waals surface area contributed by atoms with Crippen molar-refractivity contribution in [3.8, 4) is 0 Å². The van der Waals surface area contributed by atoms with E-state index in [1.165, 1.54) is 22.7 Å². The fourth-order valence-electron chi connectivity index (χ4n) is 1.77. The number of rotatable bonds is 3. The van der Waals surface area contributed by atoms with Crippen LogP contribution in [0.4, 0.5) is 5.13 Å². The minimum absolute atomic E-state index is 0.134. The van der Waals surface area contributed by atoms with E-state index in [2.05, 4.69) is 29.1 Å². The zero-order valence-electron chi connectivity index (χ0n) is 11.1. The Balaban J connectivity index is 1.80. The number of carbonyl (C=O) groups excluding carboxylic acids is 1. The second kappa shape index (κ2) is 5.30. The third-order valence-corrected chi connectivity index (χ3v) is 4.50. The topological polar surface area (TPSA) is 54.9 Å². The molecule has 0 aliphatic heterocycles. The quantitative estimate of drug-likeness (QED) is 0.791. The van der Waals surface area contributed by atoms with Crippen molar-refractivity contribution in [1.82, 2.24) is 9.97 Å². The van der Waals surface area contributed by atoms with Gasteiger partial charge in [-0.2, -0.15) is 0 Å². The Morgan fingerprint density at radius 3 is 2.90 bits per heavy atom. The van der Waals surface area contributed by atoms with Crippen LogP contribution in [-0.4, -0.2) is 15.9 Å². The van der Waals surface area contributed by atoms with Crippen molar-refractivity contribution >= 4 is 43.9 Å². The van der Waals surface area contributed by atoms with Crippen LogP contribution in [0.25, 0.3) is 10.2 Å². The monoisotopic (exact) mass is 303 g/mol. The van der Waals surface area contributed by atoms with Crippen molar-refractivity contribution in [3.63, 3.8) is 0 Å². The highest BCUT2D eigenvalue weighted by atomic mass is 32.1. The summed E-state index contributed by atoms with van der Waals surface area (Å²) in [5.41, 5.74) is 4.33. The molecule has 0 aliphatic rings. The number of nitrogens with zero attached hydrogens (tertiary/aromatic N) is 2. The summed E-state index contributed by atoms with van der Waals surface area (Å²) in [4.78, 5) is 20.8. The number of amides is 1. The Kier molecular flexibility index (Phi) is 3.50. The lowest BCUT2D eigenvalue weighted by Gasteiger charge is -2.02. The summed E-state index contributed by atoms with van der Waals surface area (Å²) in [6.45, 7) is 4.16. The van der Waals surface area contributed by atoms with E-state index < -0.39 is 0 Å². The van der Waals surface area contributed by atoms with Crippen molar-refractivity contribution in [2.75, 3.05) is 5.32 Å². The van der Waals surface area contributed by atoms with Gasteiger partial charge in [0.15, 0.2) is 5.13 Å². The predicted octanol–water partition coefficient (Wildman–Crippen LogP) is 4.13. The van der Waals surface area contributed by atoms with Crippen LogP contribution in [0.1, 0.15) is 35.8 Å². The van der Waals surface area contributed by atoms with Crippen LogP contribution < -0.4 is 5.32 Å². The highest BCUT2D eigenvalue weighted by Gasteiger charge is 2.11. The molecule has 3 aromatic rings. The minimum atomic E-state index is -0.134. The fourth-order valence-corrected chi connectivity index (χ4v) is 3.36. The molecule has 1 aromatic carbocycles. The molecule has 0 atom stereocenters. The van der Waals surface area contributed by atoms with Gasteiger partial charge < -0.3 is 0 Å². The summed E-state index contributed by atoms with van der Waals surface area (Å²) in [5.74, 6) is 0.232. The van der Waals surface area contributed by atoms with Gasteiger partial charge in [0.05, 0.1) is 21.4 Å². The molecule has 0 saturated carbocycles. The molecule has 3 rings (SSSR count). The first-order valence-corrected chi connectivity index (χ1v) is 7.99. The molecule has 4 nitrogen and oxygen atoms in total. The smallest absolute Gasteiger partial charge is 0.257 e. The number of benzene rings is 1. The maximum atomic E-state index is 12.2. The number of hydrogen-bond donors (Lipinski definition) is 1. The van der Waals surface area contributed by atoms with Crippen LogP contribution in [0.2, 0.25) is 0 Å². The molecule has 102 valence electrons. The van der Waals surface area contributed by atoms with E-state index in [0.29, 0.717) is 16.6 Å². The average Bonchev–Trinajstić information content (AvgIpc) is 3.05. The third kappa shape index (κ3) is 2.57. The van der Waals surface area contributed by atoms with E-state index in [9.17, 15) is 4.79 Å². The van der Waals surface area contributed by atoms with E-state index in [1.807, 2.05) is 17.5 Å². The van der Waals surface area contributed by atoms with Crippen LogP contribution in [0.3, 0.4) is 0 Å². The van der Waals surface area contributed by atoms with Gasteiger partial charge in [-0.05, 0) is 24.1 Å². The first-order chi connectivity index (χ1) is 9.63. The molecule has 0 unspecified atom stereocenters. The molecule has 0 fully saturated rings. The molecular formula is C14H13N3OS2. The van der Waals surface area contributed by atoms with E-state index in [4.69, 9.17) is 0 Å². The SMILES string of the molecule is CC(C)c1csc(NC(=O)c2ccc3ncsc3c2)n1. The van der Waals surface area contributed by atoms with Gasteiger partial charge in [-0.3, -0.25) is 10.1 Å². The highest BCUT2D eigenvalue weighted by Crippen LogP contribution is 2.23. The van der Waals surface area contributed by atoms with Gasteiger partial charge in [-0.25, -0.2) is 9.97 Å². The molecule has 0 radical (unpaired) electrons. The van der Waals surface area contributed by atoms with Crippen molar-refractivity contribution in [3.05, 3.63) is 40.3 Å². The molecule has 1 N–H and O–H groups in total. The van der Waals surface area contributed by atoms with Gasteiger partial charge in [-0.15, -0.1) is 22.7 Å². The lowest BCUT2D eigenvalue weighted by atomic mass is 10.2. The maximum Gasteiger partial charge on any atom is 0.257 e. The molecular weight excluding hydrogens is 290 g/mol. The number of anilines is 1. The van der Waals surface area contributed by atoms with Crippen molar-refractivity contribution in [2.24, 2.45) is 0 Å². The van der Waals surface area contributed by atoms with E-state index in [1.54, 1.807) is 11.6 Å². The predicted molar refractivity (Wildman–Crippen MR) is 83.8 cm³/mol. The first kappa shape index (κ1) is 13.2. The second-order valence-corrected chi connectivity index (χ2v) is 6.47. The molecule has 0 saturated heterocycles. The largest absolute Gasteiger partial charge is 0.298 e. The van der Waals surface area contributed by atoms with Gasteiger partial charge in [0, 0.05) is 10.9 Å². The van der Waals surface area contributed by atoms with Gasteiger partial charge in [0.1, 0.15) is 0 Å². The number of thiazole rings is 2. The maximum absolute atomic E-state index is 12.2. The zero-order valence-corrected chi connectivity index (χ0v) is 12.7. The van der Waals surface area contributed by atoms with Crippen molar-refractivity contribution in [1.29, 1.82) is 0 Å². The summed E-state index contributed by atoms with van der Waals surface area (Å²) in [6, 6.07) is 5.51. The van der Waals surface area contributed by atoms with Crippen LogP contribution >= 0.6 is 22.7 Å². The Hall–Kier alpha value is -1.79. The molecule has 6 heteroatoms. The van der Waals surface area contributed by atoms with Crippen molar-refractivity contribution < 1.29 is 4.79 Å². The number of fused-ring (bicyclic) bond motifs is 1. The van der Waals surface area contributed by atoms with Crippen LogP contribution in [0.15, 0.2) is 29.1 Å². The van der Waals surface area contributed by atoms with Gasteiger partial charge >= 0.3 is 0 Å². The number of aromatic nitrogens is 2. The molecule has 0 aliphatic carbocycles. The average molecular weight is 303 g/mol. The summed E-state index contributed by atoms with van der Waals surface area (Å²) in [5, 5.41) is 5.46. The first-order valence-electron chi connectivity index (χ1n) is 6.23. The lowest BCUT2D eigenvalue weighted by molar-refractivity contribution is 0.102. The lowest BCUT2D eigenvalue weighted by Crippen LogP contribution is -2.11. The number of carbonyl (C=O) groups is 1. The van der Waals surface area contributed by atoms with E-state index in [0.717, 1.165) is 15.9 Å². The number of nitrogens with one attached hydrogen (secondary N) is 1. The Morgan fingerprint density at radius 2 is 2.15 bits per heavy atom. The van der Waals surface area contributed by atoms with Crippen LogP contribution in [-0.2, 0) is 0 Å². The Labute approximate surface area is 124 Å². The second-order valence-electron chi connectivity index (χ2n) is 4.72. The fraction of sp³-hybridized carbons (Fsp3) is 0.214. The highest BCUT2D eigenvalue weighted by molar-refractivity contribution is 7.16. The normalized spacial score (nSPS) is 11.2. The molecule has 0 spiro atoms. The molecule has 1 amide bonds. The Morgan fingerprint density at radius 1 is 1.30 bits per heavy atom.